The van der Waals surface area contributed by atoms with E-state index in [1.54, 1.807) is 12.1 Å². The normalized spacial score (nSPS) is 14.0. The summed E-state index contributed by atoms with van der Waals surface area (Å²) in [5.41, 5.74) is 2.54. The minimum absolute atomic E-state index is 0.197. The highest BCUT2D eigenvalue weighted by molar-refractivity contribution is 7.22. The SMILES string of the molecule is O=c1c2nc(N3CCCC3)sc2c(-c2ccccc2)nn1Cc1cccc(F)c1. The smallest absolute Gasteiger partial charge is 0.294 e. The topological polar surface area (TPSA) is 51.0 Å². The van der Waals surface area contributed by atoms with Gasteiger partial charge in [-0.2, -0.15) is 5.10 Å². The molecular formula is C22H19FN4OS. The van der Waals surface area contributed by atoms with E-state index in [1.165, 1.54) is 28.2 Å². The molecule has 146 valence electrons. The maximum absolute atomic E-state index is 13.6. The van der Waals surface area contributed by atoms with E-state index in [9.17, 15) is 9.18 Å². The molecule has 0 saturated carbocycles. The van der Waals surface area contributed by atoms with Crippen LogP contribution in [0.2, 0.25) is 0 Å². The number of halogens is 1. The summed E-state index contributed by atoms with van der Waals surface area (Å²) >= 11 is 1.53. The van der Waals surface area contributed by atoms with Crippen LogP contribution < -0.4 is 10.5 Å². The van der Waals surface area contributed by atoms with Crippen molar-refractivity contribution in [3.8, 4) is 11.3 Å². The number of rotatable bonds is 4. The van der Waals surface area contributed by atoms with Crippen LogP contribution in [0.15, 0.2) is 59.4 Å². The van der Waals surface area contributed by atoms with Crippen LogP contribution in [0.5, 0.6) is 0 Å². The van der Waals surface area contributed by atoms with Gasteiger partial charge in [-0.3, -0.25) is 4.79 Å². The van der Waals surface area contributed by atoms with Gasteiger partial charge in [-0.15, -0.1) is 0 Å². The summed E-state index contributed by atoms with van der Waals surface area (Å²) in [5.74, 6) is -0.329. The van der Waals surface area contributed by atoms with Gasteiger partial charge in [0.15, 0.2) is 10.6 Å². The number of nitrogens with zero attached hydrogens (tertiary/aromatic N) is 4. The second kappa shape index (κ2) is 7.40. The highest BCUT2D eigenvalue weighted by Gasteiger charge is 2.22. The average molecular weight is 406 g/mol. The molecule has 0 aliphatic carbocycles. The first kappa shape index (κ1) is 18.0. The van der Waals surface area contributed by atoms with Crippen molar-refractivity contribution in [2.75, 3.05) is 18.0 Å². The van der Waals surface area contributed by atoms with Crippen molar-refractivity contribution in [3.63, 3.8) is 0 Å². The molecule has 4 aromatic rings. The van der Waals surface area contributed by atoms with Crippen molar-refractivity contribution in [2.24, 2.45) is 0 Å². The van der Waals surface area contributed by atoms with Crippen molar-refractivity contribution >= 4 is 26.7 Å². The average Bonchev–Trinajstić information content (AvgIpc) is 3.41. The molecule has 0 spiro atoms. The van der Waals surface area contributed by atoms with Crippen LogP contribution in [0.25, 0.3) is 21.5 Å². The molecule has 0 unspecified atom stereocenters. The highest BCUT2D eigenvalue weighted by atomic mass is 32.1. The standard InChI is InChI=1S/C22H19FN4OS/c23-17-10-6-7-15(13-17)14-27-21(28)19-20(18(25-27)16-8-2-1-3-9-16)29-22(24-19)26-11-4-5-12-26/h1-3,6-10,13H,4-5,11-12,14H2. The molecule has 0 amide bonds. The van der Waals surface area contributed by atoms with E-state index >= 15 is 0 Å². The fraction of sp³-hybridized carbons (Fsp3) is 0.227. The Morgan fingerprint density at radius 2 is 1.83 bits per heavy atom. The Morgan fingerprint density at radius 1 is 1.03 bits per heavy atom. The van der Waals surface area contributed by atoms with Gasteiger partial charge in [-0.25, -0.2) is 14.1 Å². The molecule has 1 aliphatic heterocycles. The third-order valence-electron chi connectivity index (χ3n) is 5.13. The lowest BCUT2D eigenvalue weighted by molar-refractivity contribution is 0.613. The minimum Gasteiger partial charge on any atom is -0.348 e. The van der Waals surface area contributed by atoms with Gasteiger partial charge in [0.25, 0.3) is 5.56 Å². The third kappa shape index (κ3) is 3.42. The number of hydrogen-bond acceptors (Lipinski definition) is 5. The molecule has 29 heavy (non-hydrogen) atoms. The van der Waals surface area contributed by atoms with Crippen molar-refractivity contribution in [2.45, 2.75) is 19.4 Å². The van der Waals surface area contributed by atoms with Crippen LogP contribution in [0, 0.1) is 5.82 Å². The van der Waals surface area contributed by atoms with Crippen molar-refractivity contribution in [1.29, 1.82) is 0 Å². The first-order valence-corrected chi connectivity index (χ1v) is 10.5. The predicted molar refractivity (Wildman–Crippen MR) is 114 cm³/mol. The van der Waals surface area contributed by atoms with Crippen LogP contribution in [-0.4, -0.2) is 27.9 Å². The van der Waals surface area contributed by atoms with Crippen molar-refractivity contribution < 1.29 is 4.39 Å². The zero-order chi connectivity index (χ0) is 19.8. The monoisotopic (exact) mass is 406 g/mol. The molecular weight excluding hydrogens is 387 g/mol. The number of aromatic nitrogens is 3. The zero-order valence-corrected chi connectivity index (χ0v) is 16.5. The molecule has 2 aromatic carbocycles. The number of hydrogen-bond donors (Lipinski definition) is 0. The molecule has 3 heterocycles. The Kier molecular flexibility index (Phi) is 4.60. The number of anilines is 1. The van der Waals surface area contributed by atoms with E-state index < -0.39 is 0 Å². The second-order valence-corrected chi connectivity index (χ2v) is 8.15. The summed E-state index contributed by atoms with van der Waals surface area (Å²) in [6.45, 7) is 2.12. The fourth-order valence-corrected chi connectivity index (χ4v) is 4.81. The Hall–Kier alpha value is -3.06. The molecule has 0 radical (unpaired) electrons. The predicted octanol–water partition coefficient (Wildman–Crippen LogP) is 4.31. The first-order chi connectivity index (χ1) is 14.2. The Labute approximate surface area is 171 Å². The zero-order valence-electron chi connectivity index (χ0n) is 15.7. The second-order valence-electron chi connectivity index (χ2n) is 7.18. The summed E-state index contributed by atoms with van der Waals surface area (Å²) in [6, 6.07) is 16.1. The molecule has 7 heteroatoms. The van der Waals surface area contributed by atoms with E-state index in [-0.39, 0.29) is 17.9 Å². The van der Waals surface area contributed by atoms with Crippen molar-refractivity contribution in [3.05, 3.63) is 76.3 Å². The number of benzene rings is 2. The maximum atomic E-state index is 13.6. The van der Waals surface area contributed by atoms with Crippen LogP contribution in [0.1, 0.15) is 18.4 Å². The van der Waals surface area contributed by atoms with Gasteiger partial charge in [0.05, 0.1) is 11.2 Å². The molecule has 1 fully saturated rings. The minimum atomic E-state index is -0.329. The Balaban J connectivity index is 1.69. The molecule has 0 N–H and O–H groups in total. The number of fused-ring (bicyclic) bond motifs is 1. The maximum Gasteiger partial charge on any atom is 0.294 e. The van der Waals surface area contributed by atoms with Crippen LogP contribution in [0.4, 0.5) is 9.52 Å². The Morgan fingerprint density at radius 3 is 2.59 bits per heavy atom. The lowest BCUT2D eigenvalue weighted by Gasteiger charge is -2.11. The summed E-state index contributed by atoms with van der Waals surface area (Å²) < 4.78 is 15.8. The highest BCUT2D eigenvalue weighted by Crippen LogP contribution is 2.34. The van der Waals surface area contributed by atoms with Gasteiger partial charge in [0.2, 0.25) is 0 Å². The van der Waals surface area contributed by atoms with Crippen LogP contribution in [-0.2, 0) is 6.54 Å². The number of thiazole rings is 1. The van der Waals surface area contributed by atoms with E-state index in [0.29, 0.717) is 11.1 Å². The van der Waals surface area contributed by atoms with Gasteiger partial charge < -0.3 is 4.90 Å². The fourth-order valence-electron chi connectivity index (χ4n) is 3.69. The molecule has 1 saturated heterocycles. The van der Waals surface area contributed by atoms with Crippen LogP contribution in [0.3, 0.4) is 0 Å². The molecule has 1 aliphatic rings. The summed E-state index contributed by atoms with van der Waals surface area (Å²) in [6.07, 6.45) is 2.28. The molecule has 2 aromatic heterocycles. The van der Waals surface area contributed by atoms with E-state index in [0.717, 1.165) is 47.0 Å². The summed E-state index contributed by atoms with van der Waals surface area (Å²) in [7, 11) is 0. The summed E-state index contributed by atoms with van der Waals surface area (Å²) in [4.78, 5) is 20.1. The van der Waals surface area contributed by atoms with Crippen LogP contribution >= 0.6 is 11.3 Å². The quantitative estimate of drug-likeness (QED) is 0.507. The molecule has 5 rings (SSSR count). The lowest BCUT2D eigenvalue weighted by atomic mass is 10.1. The summed E-state index contributed by atoms with van der Waals surface area (Å²) in [5, 5.41) is 5.54. The van der Waals surface area contributed by atoms with E-state index in [4.69, 9.17) is 4.98 Å². The van der Waals surface area contributed by atoms with Gasteiger partial charge in [0, 0.05) is 18.7 Å². The van der Waals surface area contributed by atoms with Gasteiger partial charge in [0.1, 0.15) is 11.5 Å². The third-order valence-corrected chi connectivity index (χ3v) is 6.26. The van der Waals surface area contributed by atoms with Gasteiger partial charge in [-0.05, 0) is 30.5 Å². The van der Waals surface area contributed by atoms with Crippen molar-refractivity contribution in [1.82, 2.24) is 14.8 Å². The lowest BCUT2D eigenvalue weighted by Crippen LogP contribution is -2.24. The van der Waals surface area contributed by atoms with Gasteiger partial charge in [-0.1, -0.05) is 53.8 Å². The Bertz CT molecular complexity index is 1230. The molecule has 0 atom stereocenters. The van der Waals surface area contributed by atoms with E-state index in [2.05, 4.69) is 10.00 Å². The van der Waals surface area contributed by atoms with Gasteiger partial charge >= 0.3 is 0 Å². The largest absolute Gasteiger partial charge is 0.348 e. The first-order valence-electron chi connectivity index (χ1n) is 9.65. The molecule has 5 nitrogen and oxygen atoms in total. The van der Waals surface area contributed by atoms with E-state index in [1.807, 2.05) is 30.3 Å². The molecule has 0 bridgehead atoms.